The van der Waals surface area contributed by atoms with E-state index in [0.717, 1.165) is 16.7 Å². The van der Waals surface area contributed by atoms with E-state index < -0.39 is 11.9 Å². The zero-order valence-electron chi connectivity index (χ0n) is 10.1. The molecule has 0 aliphatic carbocycles. The van der Waals surface area contributed by atoms with Gasteiger partial charge in [0.25, 0.3) is 5.91 Å². The molecule has 0 aliphatic heterocycles. The maximum Gasteiger partial charge on any atom is 0.345 e. The number of thiophene rings is 1. The van der Waals surface area contributed by atoms with Crippen molar-refractivity contribution in [3.63, 3.8) is 0 Å². The van der Waals surface area contributed by atoms with Gasteiger partial charge in [0, 0.05) is 5.39 Å². The molecule has 20 heavy (non-hydrogen) atoms. The maximum atomic E-state index is 12.0. The number of hydrogen-bond acceptors (Lipinski definition) is 4. The Morgan fingerprint density at radius 3 is 2.65 bits per heavy atom. The molecule has 1 aromatic carbocycles. The molecule has 3 aromatic rings. The summed E-state index contributed by atoms with van der Waals surface area (Å²) in [5.41, 5.74) is 0.634. The summed E-state index contributed by atoms with van der Waals surface area (Å²) in [6.45, 7) is 0. The average Bonchev–Trinajstić information content (AvgIpc) is 3.04. The molecule has 6 heteroatoms. The van der Waals surface area contributed by atoms with Gasteiger partial charge in [-0.05, 0) is 24.3 Å². The minimum atomic E-state index is -1.01. The van der Waals surface area contributed by atoms with Gasteiger partial charge in [0.05, 0.1) is 5.00 Å². The van der Waals surface area contributed by atoms with Crippen molar-refractivity contribution in [2.75, 3.05) is 5.32 Å². The fraction of sp³-hybridized carbons (Fsp3) is 0. The lowest BCUT2D eigenvalue weighted by Crippen LogP contribution is -2.09. The second kappa shape index (κ2) is 4.82. The molecule has 0 aliphatic rings. The molecule has 2 aromatic heterocycles. The Morgan fingerprint density at radius 2 is 1.95 bits per heavy atom. The largest absolute Gasteiger partial charge is 0.477 e. The lowest BCUT2D eigenvalue weighted by Gasteiger charge is -1.97. The highest BCUT2D eigenvalue weighted by molar-refractivity contribution is 7.18. The quantitative estimate of drug-likeness (QED) is 0.773. The van der Waals surface area contributed by atoms with E-state index in [2.05, 4.69) is 5.32 Å². The summed E-state index contributed by atoms with van der Waals surface area (Å²) in [6.07, 6.45) is 0. The van der Waals surface area contributed by atoms with Crippen LogP contribution >= 0.6 is 11.3 Å². The van der Waals surface area contributed by atoms with Crippen LogP contribution < -0.4 is 5.32 Å². The Bertz CT molecular complexity index is 769. The van der Waals surface area contributed by atoms with Gasteiger partial charge in [-0.1, -0.05) is 18.2 Å². The number of carboxylic acid groups (broad SMARTS) is 1. The second-order valence-corrected chi connectivity index (χ2v) is 5.16. The van der Waals surface area contributed by atoms with Gasteiger partial charge >= 0.3 is 5.97 Å². The first kappa shape index (κ1) is 12.4. The number of carbonyl (C=O) groups excluding carboxylic acids is 1. The van der Waals surface area contributed by atoms with Gasteiger partial charge in [-0.25, -0.2) is 4.79 Å². The average molecular weight is 287 g/mol. The van der Waals surface area contributed by atoms with E-state index in [1.54, 1.807) is 18.2 Å². The normalized spacial score (nSPS) is 10.6. The number of amides is 1. The third-order valence-electron chi connectivity index (χ3n) is 2.70. The standard InChI is InChI=1S/C14H9NO4S/c16-13(15-12-6-5-11(20-12)14(17)18)10-7-8-3-1-2-4-9(8)19-10/h1-7H,(H,15,16)(H,17,18). The lowest BCUT2D eigenvalue weighted by atomic mass is 10.2. The van der Waals surface area contributed by atoms with Crippen LogP contribution in [0.3, 0.4) is 0 Å². The van der Waals surface area contributed by atoms with Crippen molar-refractivity contribution < 1.29 is 19.1 Å². The van der Waals surface area contributed by atoms with Crippen LogP contribution in [-0.2, 0) is 0 Å². The molecule has 5 nitrogen and oxygen atoms in total. The molecular formula is C14H9NO4S. The number of hydrogen-bond donors (Lipinski definition) is 2. The molecule has 2 N–H and O–H groups in total. The number of nitrogens with one attached hydrogen (secondary N) is 1. The molecule has 0 unspecified atom stereocenters. The molecule has 0 saturated carbocycles. The number of carboxylic acids is 1. The van der Waals surface area contributed by atoms with Crippen LogP contribution in [0.15, 0.2) is 46.9 Å². The molecule has 3 rings (SSSR count). The van der Waals surface area contributed by atoms with Crippen LogP contribution in [-0.4, -0.2) is 17.0 Å². The molecule has 0 bridgehead atoms. The molecule has 0 atom stereocenters. The predicted molar refractivity (Wildman–Crippen MR) is 75.4 cm³/mol. The fourth-order valence-corrected chi connectivity index (χ4v) is 2.53. The number of fused-ring (bicyclic) bond motifs is 1. The van der Waals surface area contributed by atoms with Crippen LogP contribution in [0, 0.1) is 0 Å². The Hall–Kier alpha value is -2.60. The summed E-state index contributed by atoms with van der Waals surface area (Å²) in [5, 5.41) is 12.7. The predicted octanol–water partition coefficient (Wildman–Crippen LogP) is 3.44. The van der Waals surface area contributed by atoms with Gasteiger partial charge < -0.3 is 14.8 Å². The maximum absolute atomic E-state index is 12.0. The summed E-state index contributed by atoms with van der Waals surface area (Å²) < 4.78 is 5.43. The number of anilines is 1. The number of benzene rings is 1. The van der Waals surface area contributed by atoms with E-state index >= 15 is 0 Å². The van der Waals surface area contributed by atoms with Crippen molar-refractivity contribution in [1.29, 1.82) is 0 Å². The van der Waals surface area contributed by atoms with Crippen molar-refractivity contribution in [3.8, 4) is 0 Å². The zero-order valence-corrected chi connectivity index (χ0v) is 10.9. The van der Waals surface area contributed by atoms with Crippen LogP contribution in [0.1, 0.15) is 20.2 Å². The summed E-state index contributed by atoms with van der Waals surface area (Å²) in [6, 6.07) is 12.0. The molecule has 0 spiro atoms. The van der Waals surface area contributed by atoms with Crippen molar-refractivity contribution in [1.82, 2.24) is 0 Å². The van der Waals surface area contributed by atoms with Gasteiger partial charge in [0.2, 0.25) is 0 Å². The van der Waals surface area contributed by atoms with Crippen molar-refractivity contribution in [3.05, 3.63) is 53.1 Å². The Kier molecular flexibility index (Phi) is 3.00. The molecular weight excluding hydrogens is 278 g/mol. The molecule has 100 valence electrons. The molecule has 0 saturated heterocycles. The highest BCUT2D eigenvalue weighted by Gasteiger charge is 2.14. The third-order valence-corrected chi connectivity index (χ3v) is 3.69. The molecule has 2 heterocycles. The summed E-state index contributed by atoms with van der Waals surface area (Å²) in [7, 11) is 0. The van der Waals surface area contributed by atoms with Gasteiger partial charge in [-0.3, -0.25) is 4.79 Å². The number of aromatic carboxylic acids is 1. The van der Waals surface area contributed by atoms with Crippen LogP contribution in [0.25, 0.3) is 11.0 Å². The highest BCUT2D eigenvalue weighted by Crippen LogP contribution is 2.24. The van der Waals surface area contributed by atoms with Gasteiger partial charge in [0.1, 0.15) is 10.5 Å². The SMILES string of the molecule is O=C(Nc1ccc(C(=O)O)s1)c1cc2ccccc2o1. The minimum Gasteiger partial charge on any atom is -0.477 e. The summed E-state index contributed by atoms with van der Waals surface area (Å²) in [4.78, 5) is 23.0. The Balaban J connectivity index is 1.83. The second-order valence-electron chi connectivity index (χ2n) is 4.07. The van der Waals surface area contributed by atoms with E-state index in [-0.39, 0.29) is 10.6 Å². The van der Waals surface area contributed by atoms with Crippen LogP contribution in [0.5, 0.6) is 0 Å². The van der Waals surface area contributed by atoms with Gasteiger partial charge in [-0.2, -0.15) is 0 Å². The summed E-state index contributed by atoms with van der Waals surface area (Å²) >= 11 is 0.998. The minimum absolute atomic E-state index is 0.171. The van der Waals surface area contributed by atoms with E-state index in [1.807, 2.05) is 18.2 Å². The monoisotopic (exact) mass is 287 g/mol. The number of para-hydroxylation sites is 1. The van der Waals surface area contributed by atoms with Gasteiger partial charge in [0.15, 0.2) is 5.76 Å². The first-order chi connectivity index (χ1) is 9.63. The van der Waals surface area contributed by atoms with Crippen molar-refractivity contribution in [2.45, 2.75) is 0 Å². The number of carbonyl (C=O) groups is 2. The van der Waals surface area contributed by atoms with Crippen molar-refractivity contribution in [2.24, 2.45) is 0 Å². The molecule has 0 fully saturated rings. The number of furan rings is 1. The third kappa shape index (κ3) is 2.28. The van der Waals surface area contributed by atoms with E-state index in [9.17, 15) is 9.59 Å². The zero-order chi connectivity index (χ0) is 14.1. The first-order valence-corrected chi connectivity index (χ1v) is 6.58. The smallest absolute Gasteiger partial charge is 0.345 e. The van der Waals surface area contributed by atoms with E-state index in [1.165, 1.54) is 6.07 Å². The lowest BCUT2D eigenvalue weighted by molar-refractivity contribution is 0.0702. The highest BCUT2D eigenvalue weighted by atomic mass is 32.1. The topological polar surface area (TPSA) is 79.5 Å². The Labute approximate surface area is 117 Å². The fourth-order valence-electron chi connectivity index (χ4n) is 1.79. The van der Waals surface area contributed by atoms with E-state index in [0.29, 0.717) is 10.6 Å². The van der Waals surface area contributed by atoms with E-state index in [4.69, 9.17) is 9.52 Å². The van der Waals surface area contributed by atoms with Crippen LogP contribution in [0.4, 0.5) is 5.00 Å². The Morgan fingerprint density at radius 1 is 1.15 bits per heavy atom. The van der Waals surface area contributed by atoms with Crippen molar-refractivity contribution >= 4 is 39.2 Å². The van der Waals surface area contributed by atoms with Gasteiger partial charge in [-0.15, -0.1) is 11.3 Å². The first-order valence-electron chi connectivity index (χ1n) is 5.76. The van der Waals surface area contributed by atoms with Crippen LogP contribution in [0.2, 0.25) is 0 Å². The molecule has 0 radical (unpaired) electrons. The number of rotatable bonds is 3. The molecule has 1 amide bonds. The summed E-state index contributed by atoms with van der Waals surface area (Å²) in [5.74, 6) is -1.23.